The van der Waals surface area contributed by atoms with Crippen molar-refractivity contribution in [2.75, 3.05) is 0 Å². The maximum Gasteiger partial charge on any atom is 0.110 e. The van der Waals surface area contributed by atoms with Gasteiger partial charge in [-0.15, -0.1) is 0 Å². The van der Waals surface area contributed by atoms with Gasteiger partial charge in [-0.2, -0.15) is 0 Å². The third-order valence-corrected chi connectivity index (χ3v) is 12.2. The summed E-state index contributed by atoms with van der Waals surface area (Å²) in [6.45, 7) is 2.16. The minimum atomic E-state index is 0.378. The fraction of sp³-hybridized carbons (Fsp3) is 0.0172. The molecule has 62 heavy (non-hydrogen) atoms. The Labute approximate surface area is 359 Å². The lowest BCUT2D eigenvalue weighted by Crippen LogP contribution is -2.09. The number of rotatable bonds is 5. The minimum absolute atomic E-state index is 0.378. The van der Waals surface area contributed by atoms with Gasteiger partial charge in [0.1, 0.15) is 5.82 Å². The SMILES string of the molecule is Cc1ccc2c3ccccc3c3ccccc3c2c1.N=C(/C=C(\N)n1c2ccccc2c2cc(-c3ccc4c(c3)c3ccccc3n4-c3ccccc3)ccc21)c1ccccc1. The Kier molecular flexibility index (Phi) is 8.98. The van der Waals surface area contributed by atoms with E-state index in [-0.39, 0.29) is 0 Å². The van der Waals surface area contributed by atoms with E-state index < -0.39 is 0 Å². The van der Waals surface area contributed by atoms with Crippen LogP contribution in [0.15, 0.2) is 218 Å². The van der Waals surface area contributed by atoms with Crippen molar-refractivity contribution in [1.29, 1.82) is 5.41 Å². The van der Waals surface area contributed by atoms with E-state index in [0.717, 1.165) is 44.2 Å². The van der Waals surface area contributed by atoms with Gasteiger partial charge >= 0.3 is 0 Å². The molecule has 10 aromatic carbocycles. The summed E-state index contributed by atoms with van der Waals surface area (Å²) in [5.41, 5.74) is 17.1. The summed E-state index contributed by atoms with van der Waals surface area (Å²) in [5.74, 6) is 0.517. The Morgan fingerprint density at radius 3 is 1.47 bits per heavy atom. The van der Waals surface area contributed by atoms with Gasteiger partial charge in [-0.1, -0.05) is 169 Å². The maximum atomic E-state index is 8.63. The molecule has 0 saturated heterocycles. The van der Waals surface area contributed by atoms with Crippen LogP contribution in [0.2, 0.25) is 0 Å². The molecule has 0 atom stereocenters. The summed E-state index contributed by atoms with van der Waals surface area (Å²) in [7, 11) is 0. The summed E-state index contributed by atoms with van der Waals surface area (Å²) in [4.78, 5) is 0. The highest BCUT2D eigenvalue weighted by molar-refractivity contribution is 6.25. The minimum Gasteiger partial charge on any atom is -0.385 e. The van der Waals surface area contributed by atoms with E-state index in [0.29, 0.717) is 11.5 Å². The van der Waals surface area contributed by atoms with Crippen LogP contribution >= 0.6 is 0 Å². The van der Waals surface area contributed by atoms with Crippen LogP contribution in [0.25, 0.3) is 98.6 Å². The summed E-state index contributed by atoms with van der Waals surface area (Å²) < 4.78 is 4.40. The molecule has 0 unspecified atom stereocenters. The number of allylic oxidation sites excluding steroid dienone is 1. The molecule has 12 aromatic rings. The number of hydrogen-bond donors (Lipinski definition) is 2. The molecule has 0 amide bonds. The summed E-state index contributed by atoms with van der Waals surface area (Å²) >= 11 is 0. The van der Waals surface area contributed by atoms with Crippen LogP contribution in [-0.2, 0) is 0 Å². The van der Waals surface area contributed by atoms with Gasteiger partial charge in [0.2, 0.25) is 0 Å². The first kappa shape index (κ1) is 36.8. The predicted molar refractivity (Wildman–Crippen MR) is 265 cm³/mol. The van der Waals surface area contributed by atoms with Gasteiger partial charge < -0.3 is 15.7 Å². The first-order valence-electron chi connectivity index (χ1n) is 21.1. The first-order chi connectivity index (χ1) is 30.5. The van der Waals surface area contributed by atoms with Gasteiger partial charge in [0, 0.05) is 33.3 Å². The second-order valence-electron chi connectivity index (χ2n) is 16.0. The zero-order chi connectivity index (χ0) is 41.7. The zero-order valence-electron chi connectivity index (χ0n) is 34.3. The molecule has 2 heterocycles. The lowest BCUT2D eigenvalue weighted by molar-refractivity contribution is 1.18. The first-order valence-corrected chi connectivity index (χ1v) is 21.1. The van der Waals surface area contributed by atoms with E-state index in [1.165, 1.54) is 59.7 Å². The number of fused-ring (bicyclic) bond motifs is 12. The molecule has 4 nitrogen and oxygen atoms in total. The maximum absolute atomic E-state index is 8.63. The Morgan fingerprint density at radius 1 is 0.403 bits per heavy atom. The van der Waals surface area contributed by atoms with Crippen molar-refractivity contribution >= 4 is 87.5 Å². The highest BCUT2D eigenvalue weighted by Gasteiger charge is 2.16. The highest BCUT2D eigenvalue weighted by Crippen LogP contribution is 2.38. The van der Waals surface area contributed by atoms with E-state index in [1.807, 2.05) is 36.4 Å². The molecule has 0 aliphatic carbocycles. The fourth-order valence-corrected chi connectivity index (χ4v) is 9.37. The normalized spacial score (nSPS) is 11.9. The van der Waals surface area contributed by atoms with E-state index in [2.05, 4.69) is 192 Å². The molecule has 0 spiro atoms. The largest absolute Gasteiger partial charge is 0.385 e. The monoisotopic (exact) mass is 794 g/mol. The van der Waals surface area contributed by atoms with Crippen molar-refractivity contribution in [3.8, 4) is 16.8 Å². The summed E-state index contributed by atoms with van der Waals surface area (Å²) in [6.07, 6.45) is 1.74. The molecule has 12 rings (SSSR count). The number of aryl methyl sites for hydroxylation is 1. The van der Waals surface area contributed by atoms with E-state index in [9.17, 15) is 0 Å². The molecule has 0 radical (unpaired) electrons. The molecule has 294 valence electrons. The van der Waals surface area contributed by atoms with Crippen molar-refractivity contribution in [1.82, 2.24) is 9.13 Å². The van der Waals surface area contributed by atoms with Crippen molar-refractivity contribution in [3.05, 3.63) is 230 Å². The molecular weight excluding hydrogens is 753 g/mol. The van der Waals surface area contributed by atoms with Crippen LogP contribution in [0.4, 0.5) is 0 Å². The van der Waals surface area contributed by atoms with Gasteiger partial charge in [0.05, 0.1) is 27.8 Å². The van der Waals surface area contributed by atoms with Crippen LogP contribution in [0, 0.1) is 12.3 Å². The fourth-order valence-electron chi connectivity index (χ4n) is 9.37. The van der Waals surface area contributed by atoms with Crippen LogP contribution in [0.5, 0.6) is 0 Å². The third kappa shape index (κ3) is 6.20. The molecule has 4 heteroatoms. The number of aromatic nitrogens is 2. The van der Waals surface area contributed by atoms with Crippen LogP contribution < -0.4 is 5.73 Å². The van der Waals surface area contributed by atoms with Gasteiger partial charge in [0.15, 0.2) is 0 Å². The van der Waals surface area contributed by atoms with Crippen molar-refractivity contribution in [2.45, 2.75) is 6.92 Å². The van der Waals surface area contributed by atoms with Gasteiger partial charge in [-0.3, -0.25) is 4.57 Å². The Balaban J connectivity index is 0.000000189. The Morgan fingerprint density at radius 2 is 0.839 bits per heavy atom. The Bertz CT molecular complexity index is 3690. The van der Waals surface area contributed by atoms with Crippen molar-refractivity contribution in [3.63, 3.8) is 0 Å². The number of hydrogen-bond acceptors (Lipinski definition) is 2. The van der Waals surface area contributed by atoms with Crippen LogP contribution in [0.3, 0.4) is 0 Å². The van der Waals surface area contributed by atoms with Crippen molar-refractivity contribution in [2.24, 2.45) is 5.73 Å². The molecule has 0 saturated carbocycles. The quantitative estimate of drug-likeness (QED) is 0.132. The Hall–Kier alpha value is -8.21. The van der Waals surface area contributed by atoms with E-state index >= 15 is 0 Å². The molecule has 2 aromatic heterocycles. The van der Waals surface area contributed by atoms with E-state index in [1.54, 1.807) is 6.08 Å². The molecule has 3 N–H and O–H groups in total. The highest BCUT2D eigenvalue weighted by atomic mass is 15.1. The number of nitrogens with two attached hydrogens (primary N) is 1. The average Bonchev–Trinajstić information content (AvgIpc) is 3.85. The molecule has 0 fully saturated rings. The second kappa shape index (κ2) is 15.1. The molecule has 0 aliphatic heterocycles. The zero-order valence-corrected chi connectivity index (χ0v) is 34.3. The van der Waals surface area contributed by atoms with Gasteiger partial charge in [-0.05, 0) is 104 Å². The van der Waals surface area contributed by atoms with Gasteiger partial charge in [0.25, 0.3) is 0 Å². The number of nitrogens with one attached hydrogen (secondary N) is 1. The molecular formula is C58H42N4. The molecule has 0 aliphatic rings. The second-order valence-corrected chi connectivity index (χ2v) is 16.0. The van der Waals surface area contributed by atoms with Crippen molar-refractivity contribution < 1.29 is 0 Å². The number of benzene rings is 10. The van der Waals surface area contributed by atoms with Crippen LogP contribution in [0.1, 0.15) is 11.1 Å². The summed E-state index contributed by atoms with van der Waals surface area (Å²) in [6, 6.07) is 74.6. The number of para-hydroxylation sites is 3. The summed E-state index contributed by atoms with van der Waals surface area (Å²) in [5, 5.41) is 21.4. The predicted octanol–water partition coefficient (Wildman–Crippen LogP) is 14.8. The topological polar surface area (TPSA) is 59.7 Å². The van der Waals surface area contributed by atoms with E-state index in [4.69, 9.17) is 11.1 Å². The number of nitrogens with zero attached hydrogens (tertiary/aromatic N) is 2. The lowest BCUT2D eigenvalue weighted by atomic mass is 9.93. The average molecular weight is 795 g/mol. The smallest absolute Gasteiger partial charge is 0.110 e. The lowest BCUT2D eigenvalue weighted by Gasteiger charge is -2.10. The van der Waals surface area contributed by atoms with Gasteiger partial charge in [-0.25, -0.2) is 0 Å². The molecule has 0 bridgehead atoms. The van der Waals surface area contributed by atoms with Crippen LogP contribution in [-0.4, -0.2) is 14.8 Å². The third-order valence-electron chi connectivity index (χ3n) is 12.2. The standard InChI is InChI=1S/C39H28N4.C19H14/c40-34(26-11-3-1-4-12-26)25-39(41)43-36-18-10-8-16-31(36)33-24-28(20-22-38(33)43)27-19-21-37-32(23-27)30-15-7-9-17-35(30)42(37)29-13-5-2-6-14-29;1-13-10-11-18-16-8-3-2-6-14(16)15-7-4-5-9-17(15)19(18)12-13/h1-25,40H,41H2;2-12H,1H3/b39-25+,40-34?;.